The predicted octanol–water partition coefficient (Wildman–Crippen LogP) is 3.13. The number of hydrogen-bond donors (Lipinski definition) is 4. The topological polar surface area (TPSA) is 160 Å². The second kappa shape index (κ2) is 11.3. The van der Waals surface area contributed by atoms with Crippen LogP contribution in [0.25, 0.3) is 0 Å². The van der Waals surface area contributed by atoms with E-state index >= 15 is 0 Å². The third kappa shape index (κ3) is 7.50. The summed E-state index contributed by atoms with van der Waals surface area (Å²) in [6.45, 7) is 5.65. The van der Waals surface area contributed by atoms with Gasteiger partial charge in [-0.15, -0.1) is 0 Å². The van der Waals surface area contributed by atoms with Crippen molar-refractivity contribution in [3.8, 4) is 0 Å². The van der Waals surface area contributed by atoms with Crippen molar-refractivity contribution in [3.05, 3.63) is 83.4 Å². The summed E-state index contributed by atoms with van der Waals surface area (Å²) in [6, 6.07) is 14.9. The third-order valence-electron chi connectivity index (χ3n) is 4.70. The number of aromatic nitrogens is 2. The van der Waals surface area contributed by atoms with Crippen molar-refractivity contribution in [2.24, 2.45) is 0 Å². The first-order valence-electron chi connectivity index (χ1n) is 11.1. The molecule has 36 heavy (non-hydrogen) atoms. The van der Waals surface area contributed by atoms with Crippen molar-refractivity contribution in [1.29, 1.82) is 0 Å². The fourth-order valence-electron chi connectivity index (χ4n) is 3.08. The van der Waals surface area contributed by atoms with Crippen LogP contribution in [0.4, 0.5) is 16.2 Å². The van der Waals surface area contributed by atoms with Gasteiger partial charge in [0.1, 0.15) is 17.7 Å². The second-order valence-corrected chi connectivity index (χ2v) is 8.85. The summed E-state index contributed by atoms with van der Waals surface area (Å²) in [5, 5.41) is 15.7. The van der Waals surface area contributed by atoms with E-state index < -0.39 is 23.5 Å². The summed E-state index contributed by atoms with van der Waals surface area (Å²) in [5.74, 6) is -0.945. The van der Waals surface area contributed by atoms with E-state index in [2.05, 4.69) is 20.6 Å². The van der Waals surface area contributed by atoms with E-state index in [0.29, 0.717) is 11.4 Å². The van der Waals surface area contributed by atoms with E-state index in [1.165, 1.54) is 6.07 Å². The lowest BCUT2D eigenvalue weighted by atomic mass is 10.2. The third-order valence-corrected chi connectivity index (χ3v) is 4.70. The maximum Gasteiger partial charge on any atom is 0.436 e. The summed E-state index contributed by atoms with van der Waals surface area (Å²) in [4.78, 5) is 49.9. The van der Waals surface area contributed by atoms with Gasteiger partial charge in [0, 0.05) is 24.8 Å². The highest BCUT2D eigenvalue weighted by Gasteiger charge is 2.23. The van der Waals surface area contributed by atoms with E-state index in [-0.39, 0.29) is 24.5 Å². The van der Waals surface area contributed by atoms with Gasteiger partial charge in [0.2, 0.25) is 0 Å². The molecule has 0 fully saturated rings. The van der Waals surface area contributed by atoms with Gasteiger partial charge >= 0.3 is 6.09 Å². The number of nitrogens with one attached hydrogen (secondary N) is 2. The Kier molecular flexibility index (Phi) is 8.18. The quantitative estimate of drug-likeness (QED) is 0.276. The molecule has 2 aromatic carbocycles. The molecular formula is C25H28N6O5. The SMILES string of the molecule is CC(C)(C)ON(C(=O)O)c1ccc(CNC(=O)c2cc(C(=O)NCc3cccc(N)c3)ncn2)cc1. The first-order valence-corrected chi connectivity index (χ1v) is 11.1. The molecule has 0 atom stereocenters. The summed E-state index contributed by atoms with van der Waals surface area (Å²) in [6.07, 6.45) is -0.100. The van der Waals surface area contributed by atoms with Gasteiger partial charge in [0.05, 0.1) is 11.3 Å². The molecule has 0 saturated heterocycles. The average molecular weight is 493 g/mol. The molecule has 0 radical (unpaired) electrons. The predicted molar refractivity (Wildman–Crippen MR) is 133 cm³/mol. The molecule has 0 saturated carbocycles. The Morgan fingerprint density at radius 3 is 2.03 bits per heavy atom. The number of carbonyl (C=O) groups is 3. The highest BCUT2D eigenvalue weighted by molar-refractivity contribution is 5.97. The van der Waals surface area contributed by atoms with Crippen molar-refractivity contribution in [1.82, 2.24) is 20.6 Å². The van der Waals surface area contributed by atoms with Gasteiger partial charge in [-0.1, -0.05) is 24.3 Å². The molecule has 11 nitrogen and oxygen atoms in total. The van der Waals surface area contributed by atoms with E-state index in [1.54, 1.807) is 63.2 Å². The molecule has 0 bridgehead atoms. The number of hydroxylamine groups is 1. The highest BCUT2D eigenvalue weighted by Crippen LogP contribution is 2.21. The fourth-order valence-corrected chi connectivity index (χ4v) is 3.08. The minimum Gasteiger partial charge on any atom is -0.463 e. The van der Waals surface area contributed by atoms with Gasteiger partial charge in [-0.25, -0.2) is 14.8 Å². The van der Waals surface area contributed by atoms with E-state index in [9.17, 15) is 19.5 Å². The first kappa shape index (κ1) is 26.1. The first-order chi connectivity index (χ1) is 17.0. The molecule has 1 heterocycles. The molecule has 0 spiro atoms. The van der Waals surface area contributed by atoms with E-state index in [0.717, 1.165) is 22.5 Å². The number of carbonyl (C=O) groups excluding carboxylic acids is 2. The lowest BCUT2D eigenvalue weighted by molar-refractivity contribution is -0.0156. The zero-order valence-electron chi connectivity index (χ0n) is 20.2. The number of nitrogens with zero attached hydrogens (tertiary/aromatic N) is 3. The van der Waals surface area contributed by atoms with Gasteiger partial charge in [-0.2, -0.15) is 5.06 Å². The van der Waals surface area contributed by atoms with Crippen LogP contribution in [-0.4, -0.2) is 38.6 Å². The van der Waals surface area contributed by atoms with Crippen LogP contribution in [0.2, 0.25) is 0 Å². The molecule has 3 rings (SSSR count). The van der Waals surface area contributed by atoms with Crippen LogP contribution in [-0.2, 0) is 17.9 Å². The summed E-state index contributed by atoms with van der Waals surface area (Å²) in [5.41, 5.74) is 7.61. The molecule has 3 aromatic rings. The maximum atomic E-state index is 12.6. The number of benzene rings is 2. The number of nitrogen functional groups attached to an aromatic ring is 1. The Morgan fingerprint density at radius 1 is 0.917 bits per heavy atom. The van der Waals surface area contributed by atoms with Crippen molar-refractivity contribution in [3.63, 3.8) is 0 Å². The minimum atomic E-state index is -1.25. The monoisotopic (exact) mass is 492 g/mol. The molecule has 5 N–H and O–H groups in total. The summed E-state index contributed by atoms with van der Waals surface area (Å²) >= 11 is 0. The number of carboxylic acid groups (broad SMARTS) is 1. The Hall–Kier alpha value is -4.51. The Balaban J connectivity index is 1.58. The van der Waals surface area contributed by atoms with Gasteiger partial charge in [-0.3, -0.25) is 14.4 Å². The average Bonchev–Trinajstić information content (AvgIpc) is 2.84. The molecule has 1 aromatic heterocycles. The van der Waals surface area contributed by atoms with Crippen LogP contribution < -0.4 is 21.4 Å². The van der Waals surface area contributed by atoms with Crippen LogP contribution in [0, 0.1) is 0 Å². The maximum absolute atomic E-state index is 12.6. The standard InChI is InChI=1S/C25H28N6O5/c1-25(2,3)36-31(24(34)35)19-9-7-16(8-10-19)13-27-22(32)20-12-21(30-15-29-20)23(33)28-14-17-5-4-6-18(26)11-17/h4-12,15H,13-14,26H2,1-3H3,(H,27,32)(H,28,33)(H,34,35). The molecule has 0 unspecified atom stereocenters. The molecule has 0 aliphatic heterocycles. The minimum absolute atomic E-state index is 0.0337. The highest BCUT2D eigenvalue weighted by atomic mass is 16.7. The van der Waals surface area contributed by atoms with Gasteiger partial charge in [-0.05, 0) is 56.2 Å². The van der Waals surface area contributed by atoms with Crippen LogP contribution in [0.5, 0.6) is 0 Å². The number of nitrogens with two attached hydrogens (primary N) is 1. The molecule has 11 heteroatoms. The molecular weight excluding hydrogens is 464 g/mol. The zero-order chi connectivity index (χ0) is 26.3. The lowest BCUT2D eigenvalue weighted by Gasteiger charge is -2.27. The number of rotatable bonds is 8. The fraction of sp³-hybridized carbons (Fsp3) is 0.240. The van der Waals surface area contributed by atoms with Gasteiger partial charge in [0.15, 0.2) is 0 Å². The van der Waals surface area contributed by atoms with Crippen LogP contribution in [0.15, 0.2) is 60.9 Å². The molecule has 3 amide bonds. The van der Waals surface area contributed by atoms with Crippen LogP contribution in [0.3, 0.4) is 0 Å². The van der Waals surface area contributed by atoms with Crippen LogP contribution >= 0.6 is 0 Å². The second-order valence-electron chi connectivity index (χ2n) is 8.85. The summed E-state index contributed by atoms with van der Waals surface area (Å²) in [7, 11) is 0. The Bertz CT molecular complexity index is 1240. The van der Waals surface area contributed by atoms with Crippen LogP contribution in [0.1, 0.15) is 52.9 Å². The van der Waals surface area contributed by atoms with Gasteiger partial charge in [0.25, 0.3) is 11.8 Å². The number of hydrogen-bond acceptors (Lipinski definition) is 7. The molecule has 0 aliphatic rings. The number of amides is 3. The number of anilines is 2. The lowest BCUT2D eigenvalue weighted by Crippen LogP contribution is -2.37. The zero-order valence-corrected chi connectivity index (χ0v) is 20.2. The molecule has 0 aliphatic carbocycles. The smallest absolute Gasteiger partial charge is 0.436 e. The van der Waals surface area contributed by atoms with Gasteiger partial charge < -0.3 is 21.5 Å². The van der Waals surface area contributed by atoms with Crippen molar-refractivity contribution >= 4 is 29.3 Å². The normalized spacial score (nSPS) is 11.0. The van der Waals surface area contributed by atoms with E-state index in [1.807, 2.05) is 6.07 Å². The summed E-state index contributed by atoms with van der Waals surface area (Å²) < 4.78 is 0. The molecule has 188 valence electrons. The van der Waals surface area contributed by atoms with Crippen molar-refractivity contribution in [2.75, 3.05) is 10.8 Å². The largest absolute Gasteiger partial charge is 0.463 e. The Labute approximate surface area is 208 Å². The van der Waals surface area contributed by atoms with E-state index in [4.69, 9.17) is 10.6 Å². The van der Waals surface area contributed by atoms with Crippen molar-refractivity contribution < 1.29 is 24.3 Å². The Morgan fingerprint density at radius 2 is 1.50 bits per heavy atom. The van der Waals surface area contributed by atoms with Crippen molar-refractivity contribution in [2.45, 2.75) is 39.5 Å².